The lowest BCUT2D eigenvalue weighted by Crippen LogP contribution is -2.18. The number of ether oxygens (including phenoxy) is 4. The molecule has 162 valence electrons. The molecule has 30 heavy (non-hydrogen) atoms. The number of carbonyl (C=O) groups excluding carboxylic acids is 2. The van der Waals surface area contributed by atoms with Crippen LogP contribution >= 0.6 is 0 Å². The van der Waals surface area contributed by atoms with Gasteiger partial charge in [0, 0.05) is 0 Å². The van der Waals surface area contributed by atoms with Crippen LogP contribution < -0.4 is 9.47 Å². The van der Waals surface area contributed by atoms with E-state index >= 15 is 0 Å². The lowest BCUT2D eigenvalue weighted by Gasteiger charge is -2.23. The van der Waals surface area contributed by atoms with Gasteiger partial charge in [-0.1, -0.05) is 58.0 Å². The number of rotatable bonds is 7. The first kappa shape index (κ1) is 23.2. The fraction of sp³-hybridized carbons (Fsp3) is 0.435. The summed E-state index contributed by atoms with van der Waals surface area (Å²) in [6.45, 7) is 11.5. The number of aromatic nitrogens is 1. The molecule has 0 aliphatic heterocycles. The van der Waals surface area contributed by atoms with Gasteiger partial charge in [0.1, 0.15) is 0 Å². The average molecular weight is 415 g/mol. The van der Waals surface area contributed by atoms with E-state index in [4.69, 9.17) is 23.9 Å². The third kappa shape index (κ3) is 5.49. The highest BCUT2D eigenvalue weighted by atomic mass is 16.7. The van der Waals surface area contributed by atoms with E-state index in [1.807, 2.05) is 58.0 Å². The van der Waals surface area contributed by atoms with Gasteiger partial charge < -0.3 is 18.9 Å². The molecule has 0 amide bonds. The molecule has 0 spiro atoms. The van der Waals surface area contributed by atoms with Gasteiger partial charge in [-0.25, -0.2) is 14.6 Å². The predicted molar refractivity (Wildman–Crippen MR) is 113 cm³/mol. The Morgan fingerprint density at radius 3 is 1.60 bits per heavy atom. The van der Waals surface area contributed by atoms with Gasteiger partial charge in [-0.05, 0) is 31.2 Å². The Balaban J connectivity index is 2.85. The van der Waals surface area contributed by atoms with E-state index in [0.29, 0.717) is 22.5 Å². The van der Waals surface area contributed by atoms with E-state index in [9.17, 15) is 9.59 Å². The zero-order chi connectivity index (χ0) is 22.3. The van der Waals surface area contributed by atoms with Crippen LogP contribution in [-0.2, 0) is 9.47 Å². The van der Waals surface area contributed by atoms with Crippen LogP contribution in [0.3, 0.4) is 0 Å². The molecule has 7 nitrogen and oxygen atoms in total. The quantitative estimate of drug-likeness (QED) is 0.508. The lowest BCUT2D eigenvalue weighted by molar-refractivity contribution is 0.102. The first-order chi connectivity index (χ1) is 14.3. The Kier molecular flexibility index (Phi) is 8.21. The number of pyridine rings is 1. The second kappa shape index (κ2) is 10.6. The minimum atomic E-state index is -0.849. The van der Waals surface area contributed by atoms with Crippen molar-refractivity contribution in [2.24, 2.45) is 0 Å². The smallest absolute Gasteiger partial charge is 0.434 e. The van der Waals surface area contributed by atoms with Crippen LogP contribution in [0.2, 0.25) is 0 Å². The molecule has 0 saturated carbocycles. The molecule has 2 rings (SSSR count). The molecular formula is C23H29NO6. The van der Waals surface area contributed by atoms with Gasteiger partial charge in [-0.15, -0.1) is 0 Å². The van der Waals surface area contributed by atoms with Crippen molar-refractivity contribution in [3.63, 3.8) is 0 Å². The fourth-order valence-corrected chi connectivity index (χ4v) is 2.91. The summed E-state index contributed by atoms with van der Waals surface area (Å²) >= 11 is 0. The van der Waals surface area contributed by atoms with Crippen LogP contribution in [0, 0.1) is 0 Å². The van der Waals surface area contributed by atoms with Gasteiger partial charge in [0.05, 0.1) is 30.2 Å². The normalized spacial score (nSPS) is 10.8. The third-order valence-corrected chi connectivity index (χ3v) is 4.21. The molecule has 0 aliphatic carbocycles. The summed E-state index contributed by atoms with van der Waals surface area (Å²) < 4.78 is 21.2. The molecule has 1 heterocycles. The largest absolute Gasteiger partial charge is 0.513 e. The minimum Gasteiger partial charge on any atom is -0.434 e. The number of hydrogen-bond donors (Lipinski definition) is 0. The molecule has 0 fully saturated rings. The van der Waals surface area contributed by atoms with Crippen molar-refractivity contribution >= 4 is 12.3 Å². The highest BCUT2D eigenvalue weighted by Gasteiger charge is 2.29. The van der Waals surface area contributed by atoms with Crippen molar-refractivity contribution in [3.05, 3.63) is 41.7 Å². The molecule has 7 heteroatoms. The van der Waals surface area contributed by atoms with Crippen molar-refractivity contribution < 1.29 is 28.5 Å². The number of benzene rings is 1. The lowest BCUT2D eigenvalue weighted by atomic mass is 9.95. The summed E-state index contributed by atoms with van der Waals surface area (Å²) in [5, 5.41) is 0. The second-order valence-electron chi connectivity index (χ2n) is 7.16. The SMILES string of the molecule is CCOC(=O)Oc1c(C(C)C)nc(C(C)C)c(OC(=O)OCC)c1-c1ccccc1. The van der Waals surface area contributed by atoms with Crippen molar-refractivity contribution in [2.45, 2.75) is 53.4 Å². The summed E-state index contributed by atoms with van der Waals surface area (Å²) in [7, 11) is 0. The van der Waals surface area contributed by atoms with Gasteiger partial charge >= 0.3 is 12.3 Å². The van der Waals surface area contributed by atoms with Gasteiger partial charge in [-0.2, -0.15) is 0 Å². The summed E-state index contributed by atoms with van der Waals surface area (Å²) in [5.74, 6) is 0.286. The Labute approximate surface area is 177 Å². The van der Waals surface area contributed by atoms with E-state index in [1.165, 1.54) is 0 Å². The highest BCUT2D eigenvalue weighted by molar-refractivity contribution is 5.83. The molecular weight excluding hydrogens is 386 g/mol. The molecule has 0 saturated heterocycles. The van der Waals surface area contributed by atoms with E-state index in [2.05, 4.69) is 0 Å². The Morgan fingerprint density at radius 1 is 0.800 bits per heavy atom. The van der Waals surface area contributed by atoms with Gasteiger partial charge in [-0.3, -0.25) is 0 Å². The topological polar surface area (TPSA) is 84.0 Å². The third-order valence-electron chi connectivity index (χ3n) is 4.21. The number of carbonyl (C=O) groups is 2. The molecule has 0 unspecified atom stereocenters. The first-order valence-electron chi connectivity index (χ1n) is 10.1. The Morgan fingerprint density at radius 2 is 1.23 bits per heavy atom. The number of nitrogens with zero attached hydrogens (tertiary/aromatic N) is 1. The summed E-state index contributed by atoms with van der Waals surface area (Å²) in [4.78, 5) is 29.2. The molecule has 1 aromatic carbocycles. The summed E-state index contributed by atoms with van der Waals surface area (Å²) in [6.07, 6.45) is -1.70. The first-order valence-corrected chi connectivity index (χ1v) is 10.1. The van der Waals surface area contributed by atoms with Crippen LogP contribution in [0.15, 0.2) is 30.3 Å². The number of hydrogen-bond acceptors (Lipinski definition) is 7. The Bertz CT molecular complexity index is 827. The maximum atomic E-state index is 12.2. The van der Waals surface area contributed by atoms with Gasteiger partial charge in [0.25, 0.3) is 0 Å². The van der Waals surface area contributed by atoms with Crippen LogP contribution in [0.5, 0.6) is 11.5 Å². The molecule has 0 bridgehead atoms. The fourth-order valence-electron chi connectivity index (χ4n) is 2.91. The van der Waals surface area contributed by atoms with E-state index in [-0.39, 0.29) is 36.5 Å². The van der Waals surface area contributed by atoms with E-state index in [1.54, 1.807) is 13.8 Å². The van der Waals surface area contributed by atoms with E-state index < -0.39 is 12.3 Å². The van der Waals surface area contributed by atoms with E-state index in [0.717, 1.165) is 0 Å². The standard InChI is InChI=1S/C23H29NO6/c1-7-27-22(25)29-20-17(16-12-10-9-11-13-16)21(30-23(26)28-8-2)19(15(5)6)24-18(20)14(3)4/h9-15H,7-8H2,1-6H3. The van der Waals surface area contributed by atoms with Crippen molar-refractivity contribution in [1.82, 2.24) is 4.98 Å². The zero-order valence-corrected chi connectivity index (χ0v) is 18.4. The minimum absolute atomic E-state index is 0.0639. The molecule has 0 N–H and O–H groups in total. The maximum absolute atomic E-state index is 12.2. The van der Waals surface area contributed by atoms with Crippen molar-refractivity contribution in [3.8, 4) is 22.6 Å². The second-order valence-corrected chi connectivity index (χ2v) is 7.16. The molecule has 0 atom stereocenters. The molecule has 0 aliphatic rings. The molecule has 2 aromatic rings. The monoisotopic (exact) mass is 415 g/mol. The van der Waals surface area contributed by atoms with Crippen LogP contribution in [-0.4, -0.2) is 30.5 Å². The maximum Gasteiger partial charge on any atom is 0.513 e. The summed E-state index contributed by atoms with van der Waals surface area (Å²) in [6, 6.07) is 9.26. The molecule has 1 aromatic heterocycles. The average Bonchev–Trinajstić information content (AvgIpc) is 2.68. The van der Waals surface area contributed by atoms with Gasteiger partial charge in [0.15, 0.2) is 11.5 Å². The van der Waals surface area contributed by atoms with Crippen molar-refractivity contribution in [1.29, 1.82) is 0 Å². The van der Waals surface area contributed by atoms with Crippen molar-refractivity contribution in [2.75, 3.05) is 13.2 Å². The Hall–Kier alpha value is -3.09. The summed E-state index contributed by atoms with van der Waals surface area (Å²) in [5.41, 5.74) is 2.31. The highest BCUT2D eigenvalue weighted by Crippen LogP contribution is 2.46. The van der Waals surface area contributed by atoms with Crippen LogP contribution in [0.1, 0.15) is 64.8 Å². The molecule has 0 radical (unpaired) electrons. The zero-order valence-electron chi connectivity index (χ0n) is 18.4. The van der Waals surface area contributed by atoms with Gasteiger partial charge in [0.2, 0.25) is 0 Å². The predicted octanol–water partition coefficient (Wildman–Crippen LogP) is 6.07. The van der Waals surface area contributed by atoms with Crippen LogP contribution in [0.25, 0.3) is 11.1 Å². The van der Waals surface area contributed by atoms with Crippen LogP contribution in [0.4, 0.5) is 9.59 Å².